The molecule has 9 heteroatoms. The molecule has 2 saturated heterocycles. The van der Waals surface area contributed by atoms with E-state index in [0.717, 1.165) is 49.9 Å². The summed E-state index contributed by atoms with van der Waals surface area (Å²) < 4.78 is 8.53. The van der Waals surface area contributed by atoms with Gasteiger partial charge in [-0.15, -0.1) is 0 Å². The summed E-state index contributed by atoms with van der Waals surface area (Å²) in [6.45, 7) is 7.79. The summed E-state index contributed by atoms with van der Waals surface area (Å²) in [5.41, 5.74) is 1.97. The van der Waals surface area contributed by atoms with Crippen molar-refractivity contribution in [1.82, 2.24) is 19.4 Å². The number of likely N-dealkylation sites (tertiary alicyclic amines) is 1. The molecule has 1 unspecified atom stereocenters. The van der Waals surface area contributed by atoms with E-state index in [1.807, 2.05) is 39.0 Å². The van der Waals surface area contributed by atoms with E-state index in [-0.39, 0.29) is 24.0 Å². The summed E-state index contributed by atoms with van der Waals surface area (Å²) >= 11 is 0. The number of carbonyl (C=O) groups excluding carboxylic acids is 3. The maximum absolute atomic E-state index is 12.9. The highest BCUT2D eigenvalue weighted by molar-refractivity contribution is 6.00. The number of ether oxygens (including phenoxy) is 1. The molecule has 0 spiro atoms. The van der Waals surface area contributed by atoms with Gasteiger partial charge in [0.05, 0.1) is 17.6 Å². The average Bonchev–Trinajstić information content (AvgIpc) is 3.02. The van der Waals surface area contributed by atoms with E-state index in [1.54, 1.807) is 11.6 Å². The van der Waals surface area contributed by atoms with Gasteiger partial charge >= 0.3 is 11.7 Å². The molecule has 0 radical (unpaired) electrons. The molecule has 1 atom stereocenters. The van der Waals surface area contributed by atoms with Crippen molar-refractivity contribution in [2.45, 2.75) is 70.9 Å². The topological polar surface area (TPSA) is 103 Å². The second-order valence-corrected chi connectivity index (χ2v) is 10.8. The van der Waals surface area contributed by atoms with Gasteiger partial charge in [0.1, 0.15) is 11.6 Å². The number of amides is 2. The lowest BCUT2D eigenvalue weighted by Gasteiger charge is -2.32. The van der Waals surface area contributed by atoms with Crippen molar-refractivity contribution in [2.24, 2.45) is 13.0 Å². The number of fused-ring (bicyclic) bond motifs is 1. The average molecular weight is 485 g/mol. The minimum atomic E-state index is -0.666. The van der Waals surface area contributed by atoms with E-state index >= 15 is 0 Å². The number of carbonyl (C=O) groups is 3. The van der Waals surface area contributed by atoms with E-state index in [0.29, 0.717) is 24.4 Å². The molecule has 1 aromatic heterocycles. The van der Waals surface area contributed by atoms with Crippen LogP contribution < -0.4 is 11.0 Å². The number of imide groups is 1. The first kappa shape index (κ1) is 25.2. The molecule has 2 aliphatic heterocycles. The van der Waals surface area contributed by atoms with Crippen molar-refractivity contribution in [1.29, 1.82) is 0 Å². The van der Waals surface area contributed by atoms with Gasteiger partial charge in [-0.3, -0.25) is 33.7 Å². The predicted octanol–water partition coefficient (Wildman–Crippen LogP) is 2.30. The number of nitrogens with zero attached hydrogens (tertiary/aromatic N) is 3. The standard InChI is InChI=1S/C26H36N4O5/c1-26(2,3)35-23(32)16-29-13-11-17(12-14-29)5-6-18-7-8-19-21(15-18)28(4)25(34)30(19)20-9-10-22(31)27-24(20)33/h7-8,15,17,20H,5-6,9-14,16H2,1-4H3,(H,27,31,33). The van der Waals surface area contributed by atoms with E-state index in [1.165, 1.54) is 4.57 Å². The maximum Gasteiger partial charge on any atom is 0.329 e. The molecule has 4 rings (SSSR count). The summed E-state index contributed by atoms with van der Waals surface area (Å²) in [6, 6.07) is 5.32. The van der Waals surface area contributed by atoms with Gasteiger partial charge in [0, 0.05) is 13.5 Å². The summed E-state index contributed by atoms with van der Waals surface area (Å²) in [4.78, 5) is 51.1. The number of esters is 1. The van der Waals surface area contributed by atoms with Crippen molar-refractivity contribution >= 4 is 28.8 Å². The highest BCUT2D eigenvalue weighted by atomic mass is 16.6. The summed E-state index contributed by atoms with van der Waals surface area (Å²) in [6.07, 6.45) is 4.62. The largest absolute Gasteiger partial charge is 0.459 e. The van der Waals surface area contributed by atoms with Gasteiger partial charge in [-0.2, -0.15) is 0 Å². The Kier molecular flexibility index (Phi) is 7.17. The van der Waals surface area contributed by atoms with Gasteiger partial charge in [0.25, 0.3) is 0 Å². The molecule has 1 N–H and O–H groups in total. The summed E-state index contributed by atoms with van der Waals surface area (Å²) in [5.74, 6) is -0.285. The molecule has 190 valence electrons. The zero-order valence-corrected chi connectivity index (χ0v) is 21.1. The van der Waals surface area contributed by atoms with E-state index in [2.05, 4.69) is 10.2 Å². The number of hydrogen-bond acceptors (Lipinski definition) is 6. The van der Waals surface area contributed by atoms with Crippen LogP contribution in [-0.4, -0.2) is 57.1 Å². The number of piperidine rings is 2. The first-order chi connectivity index (χ1) is 16.5. The minimum Gasteiger partial charge on any atom is -0.459 e. The van der Waals surface area contributed by atoms with Crippen LogP contribution in [0.15, 0.2) is 23.0 Å². The third-order valence-corrected chi connectivity index (χ3v) is 7.00. The SMILES string of the molecule is Cn1c(=O)n(C2CCC(=O)NC2=O)c2ccc(CCC3CCN(CC(=O)OC(C)(C)C)CC3)cc21. The molecule has 1 aromatic carbocycles. The number of aromatic nitrogens is 2. The highest BCUT2D eigenvalue weighted by Crippen LogP contribution is 2.26. The van der Waals surface area contributed by atoms with Gasteiger partial charge in [-0.05, 0) is 89.6 Å². The summed E-state index contributed by atoms with van der Waals surface area (Å²) in [7, 11) is 1.72. The molecule has 35 heavy (non-hydrogen) atoms. The van der Waals surface area contributed by atoms with Crippen molar-refractivity contribution in [3.05, 3.63) is 34.2 Å². The number of benzene rings is 1. The number of nitrogens with one attached hydrogen (secondary N) is 1. The highest BCUT2D eigenvalue weighted by Gasteiger charge is 2.31. The summed E-state index contributed by atoms with van der Waals surface area (Å²) in [5, 5.41) is 2.34. The molecular weight excluding hydrogens is 448 g/mol. The van der Waals surface area contributed by atoms with Crippen LogP contribution in [0.2, 0.25) is 0 Å². The van der Waals surface area contributed by atoms with Gasteiger partial charge in [0.2, 0.25) is 11.8 Å². The van der Waals surface area contributed by atoms with Crippen LogP contribution in [0.25, 0.3) is 11.0 Å². The predicted molar refractivity (Wildman–Crippen MR) is 132 cm³/mol. The lowest BCUT2D eigenvalue weighted by atomic mass is 9.90. The number of rotatable bonds is 6. The van der Waals surface area contributed by atoms with Crippen LogP contribution >= 0.6 is 0 Å². The number of imidazole rings is 1. The third-order valence-electron chi connectivity index (χ3n) is 7.00. The van der Waals surface area contributed by atoms with Crippen molar-refractivity contribution in [3.63, 3.8) is 0 Å². The Morgan fingerprint density at radius 2 is 1.80 bits per heavy atom. The Bertz CT molecular complexity index is 1180. The van der Waals surface area contributed by atoms with Gasteiger partial charge in [-0.25, -0.2) is 4.79 Å². The van der Waals surface area contributed by atoms with Crippen LogP contribution in [0.5, 0.6) is 0 Å². The van der Waals surface area contributed by atoms with Crippen LogP contribution in [0.3, 0.4) is 0 Å². The van der Waals surface area contributed by atoms with Gasteiger partial charge in [0.15, 0.2) is 0 Å². The number of aryl methyl sites for hydroxylation is 2. The molecule has 2 fully saturated rings. The van der Waals surface area contributed by atoms with Gasteiger partial charge < -0.3 is 4.74 Å². The lowest BCUT2D eigenvalue weighted by Crippen LogP contribution is -2.44. The molecule has 2 amide bonds. The zero-order chi connectivity index (χ0) is 25.3. The smallest absolute Gasteiger partial charge is 0.329 e. The molecule has 2 aliphatic rings. The molecule has 0 saturated carbocycles. The molecule has 0 bridgehead atoms. The molecule has 3 heterocycles. The fourth-order valence-electron chi connectivity index (χ4n) is 5.15. The van der Waals surface area contributed by atoms with Crippen LogP contribution in [0.4, 0.5) is 0 Å². The maximum atomic E-state index is 12.9. The quantitative estimate of drug-likeness (QED) is 0.499. The lowest BCUT2D eigenvalue weighted by molar-refractivity contribution is -0.156. The van der Waals surface area contributed by atoms with Crippen LogP contribution in [0.1, 0.15) is 64.5 Å². The van der Waals surface area contributed by atoms with E-state index in [4.69, 9.17) is 4.74 Å². The monoisotopic (exact) mass is 484 g/mol. The fraction of sp³-hybridized carbons (Fsp3) is 0.615. The minimum absolute atomic E-state index is 0.167. The fourth-order valence-corrected chi connectivity index (χ4v) is 5.15. The van der Waals surface area contributed by atoms with Crippen LogP contribution in [0, 0.1) is 5.92 Å². The van der Waals surface area contributed by atoms with Gasteiger partial charge in [-0.1, -0.05) is 6.07 Å². The van der Waals surface area contributed by atoms with Crippen molar-refractivity contribution < 1.29 is 19.1 Å². The Morgan fingerprint density at radius 3 is 2.46 bits per heavy atom. The van der Waals surface area contributed by atoms with E-state index < -0.39 is 17.6 Å². The second kappa shape index (κ2) is 9.97. The normalized spacial score (nSPS) is 20.3. The molecule has 9 nitrogen and oxygen atoms in total. The Labute approximate surface area is 205 Å². The Hall–Kier alpha value is -2.94. The molecule has 0 aliphatic carbocycles. The second-order valence-electron chi connectivity index (χ2n) is 10.8. The first-order valence-corrected chi connectivity index (χ1v) is 12.5. The number of hydrogen-bond donors (Lipinski definition) is 1. The van der Waals surface area contributed by atoms with Crippen molar-refractivity contribution in [2.75, 3.05) is 19.6 Å². The zero-order valence-electron chi connectivity index (χ0n) is 21.1. The van der Waals surface area contributed by atoms with Crippen molar-refractivity contribution in [3.8, 4) is 0 Å². The van der Waals surface area contributed by atoms with Crippen LogP contribution in [-0.2, 0) is 32.6 Å². The third kappa shape index (κ3) is 5.83. The Balaban J connectivity index is 1.36. The molecule has 2 aromatic rings. The first-order valence-electron chi connectivity index (χ1n) is 12.5. The van der Waals surface area contributed by atoms with E-state index in [9.17, 15) is 19.2 Å². The Morgan fingerprint density at radius 1 is 1.09 bits per heavy atom. The molecular formula is C26H36N4O5.